The van der Waals surface area contributed by atoms with Crippen molar-refractivity contribution in [3.8, 4) is 5.75 Å². The van der Waals surface area contributed by atoms with Gasteiger partial charge in [-0.2, -0.15) is 0 Å². The fraction of sp³-hybridized carbons (Fsp3) is 0.429. The summed E-state index contributed by atoms with van der Waals surface area (Å²) >= 11 is 0. The monoisotopic (exact) mass is 279 g/mol. The van der Waals surface area contributed by atoms with E-state index < -0.39 is 12.1 Å². The largest absolute Gasteiger partial charge is 0.508 e. The number of likely N-dealkylation sites (N-methyl/N-ethyl adjacent to an activating group) is 1. The molecule has 4 N–H and O–H groups in total. The summed E-state index contributed by atoms with van der Waals surface area (Å²) in [6.07, 6.45) is 0.342. The fourth-order valence-corrected chi connectivity index (χ4v) is 1.75. The molecule has 6 heteroatoms. The number of carbonyl (C=O) groups is 2. The second-order valence-electron chi connectivity index (χ2n) is 4.94. The van der Waals surface area contributed by atoms with E-state index in [4.69, 9.17) is 5.73 Å². The van der Waals surface area contributed by atoms with Gasteiger partial charge in [0.15, 0.2) is 0 Å². The lowest BCUT2D eigenvalue weighted by Crippen LogP contribution is -2.50. The zero-order valence-electron chi connectivity index (χ0n) is 12.0. The lowest BCUT2D eigenvalue weighted by atomic mass is 10.1. The SMILES string of the molecule is CC(NC(=O)[C@H](N)Cc1ccc(O)cc1)C(=O)N(C)C. The van der Waals surface area contributed by atoms with E-state index in [0.717, 1.165) is 5.56 Å². The summed E-state index contributed by atoms with van der Waals surface area (Å²) in [5.41, 5.74) is 6.66. The Hall–Kier alpha value is -2.08. The van der Waals surface area contributed by atoms with Gasteiger partial charge in [-0.25, -0.2) is 0 Å². The topological polar surface area (TPSA) is 95.7 Å². The van der Waals surface area contributed by atoms with E-state index >= 15 is 0 Å². The van der Waals surface area contributed by atoms with E-state index in [1.165, 1.54) is 17.0 Å². The first-order chi connectivity index (χ1) is 9.31. The maximum Gasteiger partial charge on any atom is 0.244 e. The maximum absolute atomic E-state index is 11.9. The van der Waals surface area contributed by atoms with Gasteiger partial charge in [0.1, 0.15) is 11.8 Å². The number of carbonyl (C=O) groups excluding carboxylic acids is 2. The zero-order valence-corrected chi connectivity index (χ0v) is 12.0. The molecule has 1 rings (SSSR count). The van der Waals surface area contributed by atoms with Crippen molar-refractivity contribution in [3.63, 3.8) is 0 Å². The molecule has 0 bridgehead atoms. The Morgan fingerprint density at radius 2 is 1.85 bits per heavy atom. The average Bonchev–Trinajstić information content (AvgIpc) is 2.40. The van der Waals surface area contributed by atoms with E-state index in [9.17, 15) is 14.7 Å². The minimum absolute atomic E-state index is 0.164. The smallest absolute Gasteiger partial charge is 0.244 e. The van der Waals surface area contributed by atoms with E-state index in [0.29, 0.717) is 6.42 Å². The number of nitrogens with two attached hydrogens (primary N) is 1. The van der Waals surface area contributed by atoms with E-state index in [-0.39, 0.29) is 17.6 Å². The van der Waals surface area contributed by atoms with Gasteiger partial charge in [-0.3, -0.25) is 9.59 Å². The van der Waals surface area contributed by atoms with Crippen LogP contribution in [0.15, 0.2) is 24.3 Å². The van der Waals surface area contributed by atoms with Crippen molar-refractivity contribution in [1.82, 2.24) is 10.2 Å². The van der Waals surface area contributed by atoms with Crippen LogP contribution in [-0.2, 0) is 16.0 Å². The Morgan fingerprint density at radius 3 is 2.35 bits per heavy atom. The minimum Gasteiger partial charge on any atom is -0.508 e. The van der Waals surface area contributed by atoms with Crippen LogP contribution >= 0.6 is 0 Å². The summed E-state index contributed by atoms with van der Waals surface area (Å²) in [6, 6.07) is 5.14. The molecule has 0 aliphatic carbocycles. The van der Waals surface area contributed by atoms with Gasteiger partial charge in [-0.15, -0.1) is 0 Å². The van der Waals surface area contributed by atoms with Crippen LogP contribution in [0.4, 0.5) is 0 Å². The molecule has 0 heterocycles. The number of nitrogens with one attached hydrogen (secondary N) is 1. The number of phenols is 1. The molecule has 0 aliphatic rings. The van der Waals surface area contributed by atoms with Crippen molar-refractivity contribution in [3.05, 3.63) is 29.8 Å². The van der Waals surface area contributed by atoms with Gasteiger partial charge in [0.2, 0.25) is 11.8 Å². The molecule has 0 spiro atoms. The molecule has 2 atom stereocenters. The molecule has 2 amide bonds. The third kappa shape index (κ3) is 4.55. The van der Waals surface area contributed by atoms with E-state index in [1.54, 1.807) is 33.2 Å². The number of rotatable bonds is 5. The summed E-state index contributed by atoms with van der Waals surface area (Å²) < 4.78 is 0. The molecule has 0 saturated heterocycles. The third-order valence-electron chi connectivity index (χ3n) is 2.90. The highest BCUT2D eigenvalue weighted by atomic mass is 16.3. The van der Waals surface area contributed by atoms with E-state index in [1.807, 2.05) is 0 Å². The van der Waals surface area contributed by atoms with Crippen LogP contribution in [0.2, 0.25) is 0 Å². The Balaban J connectivity index is 2.55. The first-order valence-electron chi connectivity index (χ1n) is 6.36. The van der Waals surface area contributed by atoms with Crippen LogP contribution in [0.5, 0.6) is 5.75 Å². The maximum atomic E-state index is 11.9. The molecular formula is C14H21N3O3. The summed E-state index contributed by atoms with van der Waals surface area (Å²) in [5, 5.41) is 11.8. The normalized spacial score (nSPS) is 13.4. The first kappa shape index (κ1) is 16.0. The Bertz CT molecular complexity index is 471. The number of aromatic hydroxyl groups is 1. The Kier molecular flexibility index (Phi) is 5.52. The van der Waals surface area contributed by atoms with Gasteiger partial charge in [-0.1, -0.05) is 12.1 Å². The zero-order chi connectivity index (χ0) is 15.3. The van der Waals surface area contributed by atoms with Crippen molar-refractivity contribution in [2.75, 3.05) is 14.1 Å². The lowest BCUT2D eigenvalue weighted by molar-refractivity contribution is -0.134. The van der Waals surface area contributed by atoms with Gasteiger partial charge in [-0.05, 0) is 31.0 Å². The predicted molar refractivity (Wildman–Crippen MR) is 76.1 cm³/mol. The number of amides is 2. The quantitative estimate of drug-likeness (QED) is 0.698. The summed E-state index contributed by atoms with van der Waals surface area (Å²) in [5.74, 6) is -0.395. The van der Waals surface area contributed by atoms with Gasteiger partial charge in [0.25, 0.3) is 0 Å². The molecule has 0 radical (unpaired) electrons. The highest BCUT2D eigenvalue weighted by molar-refractivity contribution is 5.89. The van der Waals surface area contributed by atoms with Crippen LogP contribution in [-0.4, -0.2) is 48.0 Å². The summed E-state index contributed by atoms with van der Waals surface area (Å²) in [7, 11) is 3.25. The molecule has 1 unspecified atom stereocenters. The number of phenolic OH excluding ortho intramolecular Hbond substituents is 1. The van der Waals surface area contributed by atoms with Gasteiger partial charge < -0.3 is 21.1 Å². The van der Waals surface area contributed by atoms with Crippen molar-refractivity contribution >= 4 is 11.8 Å². The molecule has 0 aliphatic heterocycles. The van der Waals surface area contributed by atoms with Crippen molar-refractivity contribution in [2.24, 2.45) is 5.73 Å². The molecule has 1 aromatic carbocycles. The Labute approximate surface area is 118 Å². The lowest BCUT2D eigenvalue weighted by Gasteiger charge is -2.20. The van der Waals surface area contributed by atoms with E-state index in [2.05, 4.69) is 5.32 Å². The minimum atomic E-state index is -0.739. The molecule has 1 aromatic rings. The molecule has 0 saturated carbocycles. The standard InChI is InChI=1S/C14H21N3O3/c1-9(14(20)17(2)3)16-13(19)12(15)8-10-4-6-11(18)7-5-10/h4-7,9,12,18H,8,15H2,1-3H3,(H,16,19)/t9?,12-/m1/s1. The summed E-state index contributed by atoms with van der Waals surface area (Å²) in [4.78, 5) is 24.9. The fourth-order valence-electron chi connectivity index (χ4n) is 1.75. The van der Waals surface area contributed by atoms with Gasteiger partial charge in [0, 0.05) is 14.1 Å². The number of nitrogens with zero attached hydrogens (tertiary/aromatic N) is 1. The number of hydrogen-bond donors (Lipinski definition) is 3. The molecule has 20 heavy (non-hydrogen) atoms. The van der Waals surface area contributed by atoms with Gasteiger partial charge in [0.05, 0.1) is 6.04 Å². The predicted octanol–water partition coefficient (Wildman–Crippen LogP) is -0.145. The van der Waals surface area contributed by atoms with Crippen molar-refractivity contribution < 1.29 is 14.7 Å². The third-order valence-corrected chi connectivity index (χ3v) is 2.90. The average molecular weight is 279 g/mol. The highest BCUT2D eigenvalue weighted by Gasteiger charge is 2.21. The van der Waals surface area contributed by atoms with Crippen LogP contribution in [0, 0.1) is 0 Å². The number of hydrogen-bond acceptors (Lipinski definition) is 4. The Morgan fingerprint density at radius 1 is 1.30 bits per heavy atom. The molecular weight excluding hydrogens is 258 g/mol. The summed E-state index contributed by atoms with van der Waals surface area (Å²) in [6.45, 7) is 1.62. The van der Waals surface area contributed by atoms with Crippen molar-refractivity contribution in [1.29, 1.82) is 0 Å². The second kappa shape index (κ2) is 6.91. The van der Waals surface area contributed by atoms with Crippen LogP contribution in [0.3, 0.4) is 0 Å². The van der Waals surface area contributed by atoms with Crippen LogP contribution in [0.1, 0.15) is 12.5 Å². The molecule has 0 fully saturated rings. The molecule has 6 nitrogen and oxygen atoms in total. The molecule has 0 aromatic heterocycles. The second-order valence-corrected chi connectivity index (χ2v) is 4.94. The first-order valence-corrected chi connectivity index (χ1v) is 6.36. The van der Waals surface area contributed by atoms with Crippen LogP contribution < -0.4 is 11.1 Å². The number of benzene rings is 1. The highest BCUT2D eigenvalue weighted by Crippen LogP contribution is 2.10. The molecule has 110 valence electrons. The van der Waals surface area contributed by atoms with Crippen LogP contribution in [0.25, 0.3) is 0 Å². The van der Waals surface area contributed by atoms with Crippen molar-refractivity contribution in [2.45, 2.75) is 25.4 Å². The van der Waals surface area contributed by atoms with Gasteiger partial charge >= 0.3 is 0 Å².